The Morgan fingerprint density at radius 2 is 2.18 bits per heavy atom. The van der Waals surface area contributed by atoms with E-state index in [0.29, 0.717) is 11.3 Å². The maximum absolute atomic E-state index is 12.0. The summed E-state index contributed by atoms with van der Waals surface area (Å²) in [5, 5.41) is 12.0. The lowest BCUT2D eigenvalue weighted by Gasteiger charge is -2.15. The van der Waals surface area contributed by atoms with Crippen molar-refractivity contribution in [3.05, 3.63) is 36.2 Å². The highest BCUT2D eigenvalue weighted by molar-refractivity contribution is 5.96. The molecule has 1 aromatic carbocycles. The zero-order valence-electron chi connectivity index (χ0n) is 9.44. The van der Waals surface area contributed by atoms with Crippen LogP contribution in [0.15, 0.2) is 30.6 Å². The third kappa shape index (κ3) is 2.13. The van der Waals surface area contributed by atoms with Crippen molar-refractivity contribution in [2.24, 2.45) is 0 Å². The maximum Gasteiger partial charge on any atom is 0.279 e. The van der Waals surface area contributed by atoms with E-state index in [1.807, 2.05) is 0 Å². The number of tetrazole rings is 1. The predicted octanol–water partition coefficient (Wildman–Crippen LogP) is 0.296. The van der Waals surface area contributed by atoms with E-state index in [1.165, 1.54) is 18.1 Å². The van der Waals surface area contributed by atoms with Crippen LogP contribution >= 0.6 is 0 Å². The highest BCUT2D eigenvalue weighted by Gasteiger charge is 2.16. The summed E-state index contributed by atoms with van der Waals surface area (Å²) < 4.78 is 1.43. The molecule has 0 aliphatic carbocycles. The first kappa shape index (κ1) is 11.2. The maximum atomic E-state index is 12.0. The van der Waals surface area contributed by atoms with Crippen LogP contribution in [0, 0.1) is 0 Å². The van der Waals surface area contributed by atoms with Crippen molar-refractivity contribution in [3.63, 3.8) is 0 Å². The van der Waals surface area contributed by atoms with Crippen LogP contribution in [0.1, 0.15) is 10.4 Å². The normalized spacial score (nSPS) is 10.2. The van der Waals surface area contributed by atoms with Crippen LogP contribution in [0.25, 0.3) is 5.69 Å². The van der Waals surface area contributed by atoms with Crippen LogP contribution in [0.2, 0.25) is 0 Å². The standard InChI is InChI=1S/C10H11N5O2/c1-14(17-2)10(16)8-5-3-4-6-9(8)15-7-11-12-13-15/h3-7H,1-2H3. The van der Waals surface area contributed by atoms with Crippen molar-refractivity contribution < 1.29 is 9.63 Å². The van der Waals surface area contributed by atoms with Gasteiger partial charge in [-0.2, -0.15) is 4.68 Å². The molecule has 1 amide bonds. The fourth-order valence-electron chi connectivity index (χ4n) is 1.38. The smallest absolute Gasteiger partial charge is 0.274 e. The minimum atomic E-state index is -0.265. The van der Waals surface area contributed by atoms with E-state index >= 15 is 0 Å². The van der Waals surface area contributed by atoms with Crippen molar-refractivity contribution >= 4 is 5.91 Å². The number of rotatable bonds is 3. The van der Waals surface area contributed by atoms with Crippen LogP contribution in [-0.4, -0.2) is 45.3 Å². The van der Waals surface area contributed by atoms with E-state index in [-0.39, 0.29) is 5.91 Å². The molecule has 0 saturated carbocycles. The third-order valence-electron chi connectivity index (χ3n) is 2.29. The van der Waals surface area contributed by atoms with Gasteiger partial charge in [0.05, 0.1) is 18.4 Å². The van der Waals surface area contributed by atoms with Crippen molar-refractivity contribution in [1.82, 2.24) is 25.3 Å². The molecule has 0 radical (unpaired) electrons. The number of carbonyl (C=O) groups excluding carboxylic acids is 1. The summed E-state index contributed by atoms with van der Waals surface area (Å²) in [6.45, 7) is 0. The molecular weight excluding hydrogens is 222 g/mol. The lowest BCUT2D eigenvalue weighted by atomic mass is 10.1. The highest BCUT2D eigenvalue weighted by Crippen LogP contribution is 2.14. The van der Waals surface area contributed by atoms with E-state index in [4.69, 9.17) is 4.84 Å². The van der Waals surface area contributed by atoms with Crippen LogP contribution in [0.4, 0.5) is 0 Å². The van der Waals surface area contributed by atoms with Crippen LogP contribution in [0.5, 0.6) is 0 Å². The number of benzene rings is 1. The van der Waals surface area contributed by atoms with Crippen molar-refractivity contribution in [1.29, 1.82) is 0 Å². The Hall–Kier alpha value is -2.28. The minimum absolute atomic E-state index is 0.265. The molecule has 1 aromatic heterocycles. The second-order valence-corrected chi connectivity index (χ2v) is 3.26. The highest BCUT2D eigenvalue weighted by atomic mass is 16.7. The second kappa shape index (κ2) is 4.71. The molecule has 0 fully saturated rings. The van der Waals surface area contributed by atoms with Gasteiger partial charge in [-0.1, -0.05) is 12.1 Å². The summed E-state index contributed by atoms with van der Waals surface area (Å²) in [6.07, 6.45) is 1.43. The van der Waals surface area contributed by atoms with E-state index in [2.05, 4.69) is 15.5 Å². The molecule has 0 aliphatic heterocycles. The monoisotopic (exact) mass is 233 g/mol. The zero-order chi connectivity index (χ0) is 12.3. The van der Waals surface area contributed by atoms with Gasteiger partial charge >= 0.3 is 0 Å². The molecule has 0 spiro atoms. The number of para-hydroxylation sites is 1. The van der Waals surface area contributed by atoms with E-state index in [9.17, 15) is 4.79 Å². The third-order valence-corrected chi connectivity index (χ3v) is 2.29. The molecular formula is C10H11N5O2. The number of aromatic nitrogens is 4. The van der Waals surface area contributed by atoms with Gasteiger partial charge in [-0.05, 0) is 22.6 Å². The first-order valence-electron chi connectivity index (χ1n) is 4.88. The Morgan fingerprint density at radius 1 is 1.41 bits per heavy atom. The summed E-state index contributed by atoms with van der Waals surface area (Å²) in [6, 6.07) is 7.02. The SMILES string of the molecule is CON(C)C(=O)c1ccccc1-n1cnnn1. The fourth-order valence-corrected chi connectivity index (χ4v) is 1.38. The zero-order valence-corrected chi connectivity index (χ0v) is 9.44. The molecule has 17 heavy (non-hydrogen) atoms. The van der Waals surface area contributed by atoms with Crippen LogP contribution < -0.4 is 0 Å². The summed E-state index contributed by atoms with van der Waals surface area (Å²) in [4.78, 5) is 16.9. The quantitative estimate of drug-likeness (QED) is 0.713. The Bertz CT molecular complexity index is 511. The average Bonchev–Trinajstić information content (AvgIpc) is 2.90. The van der Waals surface area contributed by atoms with Gasteiger partial charge in [0.15, 0.2) is 0 Å². The molecule has 88 valence electrons. The van der Waals surface area contributed by atoms with Crippen LogP contribution in [0.3, 0.4) is 0 Å². The molecule has 7 heteroatoms. The number of nitrogens with zero attached hydrogens (tertiary/aromatic N) is 5. The summed E-state index contributed by atoms with van der Waals surface area (Å²) in [7, 11) is 2.97. The van der Waals surface area contributed by atoms with Gasteiger partial charge in [-0.3, -0.25) is 9.63 Å². The van der Waals surface area contributed by atoms with Gasteiger partial charge in [0.1, 0.15) is 6.33 Å². The average molecular weight is 233 g/mol. The largest absolute Gasteiger partial charge is 0.279 e. The fraction of sp³-hybridized carbons (Fsp3) is 0.200. The Morgan fingerprint density at radius 3 is 2.82 bits per heavy atom. The lowest BCUT2D eigenvalue weighted by molar-refractivity contribution is -0.0757. The second-order valence-electron chi connectivity index (χ2n) is 3.26. The van der Waals surface area contributed by atoms with Gasteiger partial charge in [0, 0.05) is 7.05 Å². The minimum Gasteiger partial charge on any atom is -0.274 e. The predicted molar refractivity (Wildman–Crippen MR) is 58.3 cm³/mol. The topological polar surface area (TPSA) is 73.1 Å². The van der Waals surface area contributed by atoms with Crippen LogP contribution in [-0.2, 0) is 4.84 Å². The summed E-state index contributed by atoms with van der Waals surface area (Å²) in [5.74, 6) is -0.265. The summed E-state index contributed by atoms with van der Waals surface area (Å²) >= 11 is 0. The Labute approximate surface area is 97.6 Å². The molecule has 0 bridgehead atoms. The number of hydrogen-bond donors (Lipinski definition) is 0. The number of hydrogen-bond acceptors (Lipinski definition) is 5. The Balaban J connectivity index is 2.45. The van der Waals surface area contributed by atoms with Gasteiger partial charge in [-0.15, -0.1) is 5.10 Å². The first-order chi connectivity index (χ1) is 8.24. The number of hydroxylamine groups is 2. The van der Waals surface area contributed by atoms with Gasteiger partial charge < -0.3 is 0 Å². The molecule has 0 aliphatic rings. The van der Waals surface area contributed by atoms with Crippen molar-refractivity contribution in [3.8, 4) is 5.69 Å². The molecule has 2 aromatic rings. The number of carbonyl (C=O) groups is 1. The molecule has 7 nitrogen and oxygen atoms in total. The molecule has 0 N–H and O–H groups in total. The first-order valence-corrected chi connectivity index (χ1v) is 4.88. The van der Waals surface area contributed by atoms with E-state index in [1.54, 1.807) is 31.3 Å². The van der Waals surface area contributed by atoms with Crippen molar-refractivity contribution in [2.45, 2.75) is 0 Å². The molecule has 0 atom stereocenters. The van der Waals surface area contributed by atoms with Crippen molar-refractivity contribution in [2.75, 3.05) is 14.2 Å². The summed E-state index contributed by atoms with van der Waals surface area (Å²) in [5.41, 5.74) is 1.07. The number of amides is 1. The van der Waals surface area contributed by atoms with Gasteiger partial charge in [-0.25, -0.2) is 5.06 Å². The molecule has 2 rings (SSSR count). The molecule has 0 unspecified atom stereocenters. The van der Waals surface area contributed by atoms with Gasteiger partial charge in [0.2, 0.25) is 0 Å². The van der Waals surface area contributed by atoms with Gasteiger partial charge in [0.25, 0.3) is 5.91 Å². The lowest BCUT2D eigenvalue weighted by Crippen LogP contribution is -2.26. The molecule has 0 saturated heterocycles. The van der Waals surface area contributed by atoms with E-state index in [0.717, 1.165) is 5.06 Å². The molecule has 1 heterocycles. The Kier molecular flexibility index (Phi) is 3.10. The van der Waals surface area contributed by atoms with E-state index < -0.39 is 0 Å².